The molecule has 0 amide bonds. The maximum atomic E-state index is 11.5. The predicted octanol–water partition coefficient (Wildman–Crippen LogP) is 1.54. The number of para-hydroxylation sites is 1. The molecule has 20 heavy (non-hydrogen) atoms. The van der Waals surface area contributed by atoms with Gasteiger partial charge in [-0.2, -0.15) is 0 Å². The van der Waals surface area contributed by atoms with Gasteiger partial charge in [0, 0.05) is 23.5 Å². The van der Waals surface area contributed by atoms with Crippen molar-refractivity contribution in [1.82, 2.24) is 4.98 Å². The highest BCUT2D eigenvalue weighted by Crippen LogP contribution is 2.23. The zero-order valence-electron chi connectivity index (χ0n) is 11.2. The van der Waals surface area contributed by atoms with E-state index in [-0.39, 0.29) is 23.5 Å². The third-order valence-electron chi connectivity index (χ3n) is 3.97. The van der Waals surface area contributed by atoms with Crippen LogP contribution in [0.25, 0.3) is 10.9 Å². The third kappa shape index (κ3) is 2.83. The van der Waals surface area contributed by atoms with Crippen LogP contribution in [0.2, 0.25) is 0 Å². The number of sulfone groups is 1. The van der Waals surface area contributed by atoms with Crippen molar-refractivity contribution in [2.45, 2.75) is 18.9 Å². The van der Waals surface area contributed by atoms with Crippen LogP contribution in [0.15, 0.2) is 36.4 Å². The molecule has 0 saturated carbocycles. The molecule has 106 valence electrons. The molecule has 0 bridgehead atoms. The van der Waals surface area contributed by atoms with E-state index in [9.17, 15) is 8.42 Å². The molecule has 2 heterocycles. The third-order valence-corrected chi connectivity index (χ3v) is 5.77. The van der Waals surface area contributed by atoms with Crippen LogP contribution in [0.3, 0.4) is 0 Å². The van der Waals surface area contributed by atoms with Crippen molar-refractivity contribution in [3.05, 3.63) is 42.1 Å². The quantitative estimate of drug-likeness (QED) is 0.930. The number of aromatic nitrogens is 1. The molecule has 5 heteroatoms. The summed E-state index contributed by atoms with van der Waals surface area (Å²) >= 11 is 0. The van der Waals surface area contributed by atoms with E-state index in [4.69, 9.17) is 5.73 Å². The fourth-order valence-electron chi connectivity index (χ4n) is 2.79. The summed E-state index contributed by atoms with van der Waals surface area (Å²) in [6.07, 6.45) is 1.31. The highest BCUT2D eigenvalue weighted by molar-refractivity contribution is 7.91. The van der Waals surface area contributed by atoms with Crippen LogP contribution >= 0.6 is 0 Å². The first-order chi connectivity index (χ1) is 9.53. The summed E-state index contributed by atoms with van der Waals surface area (Å²) in [5.74, 6) is 0.561. The highest BCUT2D eigenvalue weighted by Gasteiger charge is 2.32. The fraction of sp³-hybridized carbons (Fsp3) is 0.400. The smallest absolute Gasteiger partial charge is 0.150 e. The molecule has 3 rings (SSSR count). The first-order valence-corrected chi connectivity index (χ1v) is 8.66. The molecule has 1 aromatic carbocycles. The zero-order valence-corrected chi connectivity index (χ0v) is 12.0. The second-order valence-electron chi connectivity index (χ2n) is 5.53. The number of pyridine rings is 1. The van der Waals surface area contributed by atoms with Crippen molar-refractivity contribution in [3.63, 3.8) is 0 Å². The number of benzene rings is 1. The summed E-state index contributed by atoms with van der Waals surface area (Å²) in [6, 6.07) is 11.8. The monoisotopic (exact) mass is 290 g/mol. The number of hydrogen-bond donors (Lipinski definition) is 1. The van der Waals surface area contributed by atoms with Crippen molar-refractivity contribution in [2.24, 2.45) is 11.7 Å². The van der Waals surface area contributed by atoms with Gasteiger partial charge in [0.2, 0.25) is 0 Å². The molecule has 1 aromatic heterocycles. The molecular formula is C15H18N2O2S. The second kappa shape index (κ2) is 5.14. The van der Waals surface area contributed by atoms with Crippen LogP contribution in [0, 0.1) is 5.92 Å². The van der Waals surface area contributed by atoms with Crippen LogP contribution in [0.5, 0.6) is 0 Å². The lowest BCUT2D eigenvalue weighted by molar-refractivity contribution is 0.458. The highest BCUT2D eigenvalue weighted by atomic mass is 32.2. The molecular weight excluding hydrogens is 272 g/mol. The van der Waals surface area contributed by atoms with Crippen LogP contribution in [-0.4, -0.2) is 30.9 Å². The Balaban J connectivity index is 1.76. The van der Waals surface area contributed by atoms with Crippen LogP contribution in [0.1, 0.15) is 12.1 Å². The van der Waals surface area contributed by atoms with Gasteiger partial charge >= 0.3 is 0 Å². The summed E-state index contributed by atoms with van der Waals surface area (Å²) in [5, 5.41) is 1.10. The lowest BCUT2D eigenvalue weighted by Crippen LogP contribution is -2.33. The van der Waals surface area contributed by atoms with Gasteiger partial charge in [-0.3, -0.25) is 4.98 Å². The minimum Gasteiger partial charge on any atom is -0.327 e. The van der Waals surface area contributed by atoms with Gasteiger partial charge in [-0.15, -0.1) is 0 Å². The summed E-state index contributed by atoms with van der Waals surface area (Å²) in [6.45, 7) is 0. The molecule has 1 saturated heterocycles. The van der Waals surface area contributed by atoms with Gasteiger partial charge in [-0.1, -0.05) is 24.3 Å². The summed E-state index contributed by atoms with van der Waals surface area (Å²) in [4.78, 5) is 4.59. The van der Waals surface area contributed by atoms with Gasteiger partial charge in [0.1, 0.15) is 0 Å². The van der Waals surface area contributed by atoms with E-state index < -0.39 is 9.84 Å². The Labute approximate surface area is 118 Å². The summed E-state index contributed by atoms with van der Waals surface area (Å²) < 4.78 is 23.0. The van der Waals surface area contributed by atoms with Gasteiger partial charge in [-0.05, 0) is 24.5 Å². The number of nitrogens with two attached hydrogens (primary N) is 1. The Bertz CT molecular complexity index is 727. The van der Waals surface area contributed by atoms with E-state index >= 15 is 0 Å². The van der Waals surface area contributed by atoms with Crippen LogP contribution in [0.4, 0.5) is 0 Å². The normalized spacial score (nSPS) is 22.9. The first kappa shape index (κ1) is 13.5. The molecule has 4 nitrogen and oxygen atoms in total. The average Bonchev–Trinajstić information content (AvgIpc) is 2.79. The SMILES string of the molecule is NC(Cc1ccc2ccccc2n1)C1CCS(=O)(=O)C1. The molecule has 0 aliphatic carbocycles. The molecule has 1 fully saturated rings. The van der Waals surface area contributed by atoms with E-state index in [1.165, 1.54) is 0 Å². The van der Waals surface area contributed by atoms with Gasteiger partial charge in [-0.25, -0.2) is 8.42 Å². The number of fused-ring (bicyclic) bond motifs is 1. The first-order valence-electron chi connectivity index (χ1n) is 6.84. The van der Waals surface area contributed by atoms with E-state index in [0.717, 1.165) is 16.6 Å². The molecule has 1 aliphatic heterocycles. The standard InChI is InChI=1S/C15H18N2O2S/c16-14(12-7-8-20(18,19)10-12)9-13-6-5-11-3-1-2-4-15(11)17-13/h1-6,12,14H,7-10,16H2. The number of hydrogen-bond acceptors (Lipinski definition) is 4. The Morgan fingerprint density at radius 2 is 2.05 bits per heavy atom. The van der Waals surface area contributed by atoms with Crippen molar-refractivity contribution in [1.29, 1.82) is 0 Å². The molecule has 2 unspecified atom stereocenters. The molecule has 0 radical (unpaired) electrons. The minimum absolute atomic E-state index is 0.0632. The minimum atomic E-state index is -2.87. The number of nitrogens with zero attached hydrogens (tertiary/aromatic N) is 1. The number of rotatable bonds is 3. The zero-order chi connectivity index (χ0) is 14.2. The Morgan fingerprint density at radius 1 is 1.25 bits per heavy atom. The lowest BCUT2D eigenvalue weighted by Gasteiger charge is -2.17. The predicted molar refractivity (Wildman–Crippen MR) is 80.2 cm³/mol. The van der Waals surface area contributed by atoms with E-state index in [2.05, 4.69) is 4.98 Å². The van der Waals surface area contributed by atoms with Crippen molar-refractivity contribution in [2.75, 3.05) is 11.5 Å². The van der Waals surface area contributed by atoms with E-state index in [1.807, 2.05) is 36.4 Å². The van der Waals surface area contributed by atoms with Gasteiger partial charge < -0.3 is 5.73 Å². The van der Waals surface area contributed by atoms with E-state index in [0.29, 0.717) is 12.8 Å². The molecule has 2 aromatic rings. The molecule has 2 N–H and O–H groups in total. The van der Waals surface area contributed by atoms with E-state index in [1.54, 1.807) is 0 Å². The second-order valence-corrected chi connectivity index (χ2v) is 7.76. The van der Waals surface area contributed by atoms with Crippen molar-refractivity contribution in [3.8, 4) is 0 Å². The average molecular weight is 290 g/mol. The Morgan fingerprint density at radius 3 is 2.80 bits per heavy atom. The van der Waals surface area contributed by atoms with Gasteiger partial charge in [0.15, 0.2) is 9.84 Å². The fourth-order valence-corrected chi connectivity index (χ4v) is 4.69. The van der Waals surface area contributed by atoms with Crippen molar-refractivity contribution < 1.29 is 8.42 Å². The lowest BCUT2D eigenvalue weighted by atomic mass is 9.95. The van der Waals surface area contributed by atoms with Crippen LogP contribution < -0.4 is 5.73 Å². The maximum absolute atomic E-state index is 11.5. The molecule has 1 aliphatic rings. The molecule has 2 atom stereocenters. The Hall–Kier alpha value is -1.46. The topological polar surface area (TPSA) is 73.0 Å². The maximum Gasteiger partial charge on any atom is 0.150 e. The summed E-state index contributed by atoms with van der Waals surface area (Å²) in [7, 11) is -2.87. The summed E-state index contributed by atoms with van der Waals surface area (Å²) in [5.41, 5.74) is 8.06. The Kier molecular flexibility index (Phi) is 3.48. The van der Waals surface area contributed by atoms with Gasteiger partial charge in [0.25, 0.3) is 0 Å². The largest absolute Gasteiger partial charge is 0.327 e. The van der Waals surface area contributed by atoms with Gasteiger partial charge in [0.05, 0.1) is 17.0 Å². The molecule has 0 spiro atoms. The van der Waals surface area contributed by atoms with Crippen LogP contribution in [-0.2, 0) is 16.3 Å². The van der Waals surface area contributed by atoms with Crippen molar-refractivity contribution >= 4 is 20.7 Å².